The van der Waals surface area contributed by atoms with Gasteiger partial charge in [-0.3, -0.25) is 9.59 Å². The van der Waals surface area contributed by atoms with E-state index in [1.807, 2.05) is 25.5 Å². The molecule has 0 atom stereocenters. The summed E-state index contributed by atoms with van der Waals surface area (Å²) in [4.78, 5) is 42.3. The standard InChI is InChI=1S/C19H28N4O3S/c24-17(5-4-7-20-18(25)16-6-14-27-15-16)21-10-12-23(13-11-21)19(26)22-8-2-1-3-9-22/h6,14-15H,1-5,7-13H2,(H,20,25). The van der Waals surface area contributed by atoms with Crippen molar-refractivity contribution in [2.24, 2.45) is 0 Å². The summed E-state index contributed by atoms with van der Waals surface area (Å²) in [5, 5.41) is 6.52. The molecule has 0 saturated carbocycles. The molecule has 8 heteroatoms. The van der Waals surface area contributed by atoms with Crippen molar-refractivity contribution < 1.29 is 14.4 Å². The normalized spacial score (nSPS) is 17.7. The summed E-state index contributed by atoms with van der Waals surface area (Å²) in [5.74, 6) is 0.0124. The first-order valence-corrected chi connectivity index (χ1v) is 10.7. The zero-order chi connectivity index (χ0) is 19.1. The minimum absolute atomic E-state index is 0.0893. The van der Waals surface area contributed by atoms with Crippen LogP contribution in [0.1, 0.15) is 42.5 Å². The van der Waals surface area contributed by atoms with E-state index in [4.69, 9.17) is 0 Å². The van der Waals surface area contributed by atoms with Gasteiger partial charge < -0.3 is 20.0 Å². The number of amides is 4. The Kier molecular flexibility index (Phi) is 7.09. The topological polar surface area (TPSA) is 73.0 Å². The first-order valence-electron chi connectivity index (χ1n) is 9.77. The largest absolute Gasteiger partial charge is 0.352 e. The second-order valence-electron chi connectivity index (χ2n) is 7.07. The van der Waals surface area contributed by atoms with Crippen LogP contribution in [0.5, 0.6) is 0 Å². The summed E-state index contributed by atoms with van der Waals surface area (Å²) in [5.41, 5.74) is 0.667. The third-order valence-electron chi connectivity index (χ3n) is 5.17. The number of piperazine rings is 1. The lowest BCUT2D eigenvalue weighted by atomic mass is 10.1. The quantitative estimate of drug-likeness (QED) is 0.779. The van der Waals surface area contributed by atoms with Gasteiger partial charge in [0.05, 0.1) is 0 Å². The van der Waals surface area contributed by atoms with E-state index < -0.39 is 0 Å². The predicted octanol–water partition coefficient (Wildman–Crippen LogP) is 2.01. The van der Waals surface area contributed by atoms with Crippen molar-refractivity contribution >= 4 is 29.2 Å². The van der Waals surface area contributed by atoms with E-state index in [1.165, 1.54) is 17.8 Å². The van der Waals surface area contributed by atoms with Gasteiger partial charge in [-0.15, -0.1) is 0 Å². The van der Waals surface area contributed by atoms with Crippen molar-refractivity contribution in [3.05, 3.63) is 22.4 Å². The van der Waals surface area contributed by atoms with Crippen LogP contribution in [-0.2, 0) is 4.79 Å². The lowest BCUT2D eigenvalue weighted by Crippen LogP contribution is -2.54. The van der Waals surface area contributed by atoms with Crippen LogP contribution in [0.15, 0.2) is 16.8 Å². The van der Waals surface area contributed by atoms with Crippen LogP contribution < -0.4 is 5.32 Å². The third kappa shape index (κ3) is 5.45. The lowest BCUT2D eigenvalue weighted by molar-refractivity contribution is -0.132. The summed E-state index contributed by atoms with van der Waals surface area (Å²) in [6, 6.07) is 1.91. The molecule has 3 heterocycles. The molecular formula is C19H28N4O3S. The van der Waals surface area contributed by atoms with E-state index in [9.17, 15) is 14.4 Å². The van der Waals surface area contributed by atoms with Crippen molar-refractivity contribution in [1.29, 1.82) is 0 Å². The SMILES string of the molecule is O=C(NCCCC(=O)N1CCN(C(=O)N2CCCCC2)CC1)c1ccsc1. The van der Waals surface area contributed by atoms with Gasteiger partial charge in [0.15, 0.2) is 0 Å². The highest BCUT2D eigenvalue weighted by Crippen LogP contribution is 2.13. The number of hydrogen-bond donors (Lipinski definition) is 1. The smallest absolute Gasteiger partial charge is 0.320 e. The molecule has 7 nitrogen and oxygen atoms in total. The number of hydrogen-bond acceptors (Lipinski definition) is 4. The van der Waals surface area contributed by atoms with Crippen LogP contribution >= 0.6 is 11.3 Å². The Bertz CT molecular complexity index is 635. The number of rotatable bonds is 5. The molecule has 1 aromatic rings. The van der Waals surface area contributed by atoms with E-state index in [0.29, 0.717) is 51.1 Å². The zero-order valence-electron chi connectivity index (χ0n) is 15.7. The van der Waals surface area contributed by atoms with Gasteiger partial charge in [0.2, 0.25) is 5.91 Å². The second kappa shape index (κ2) is 9.73. The van der Waals surface area contributed by atoms with Crippen LogP contribution in [0.25, 0.3) is 0 Å². The molecule has 1 aromatic heterocycles. The van der Waals surface area contributed by atoms with E-state index in [0.717, 1.165) is 25.9 Å². The molecular weight excluding hydrogens is 364 g/mol. The molecule has 148 valence electrons. The maximum atomic E-state index is 12.5. The number of nitrogens with one attached hydrogen (secondary N) is 1. The summed E-state index contributed by atoms with van der Waals surface area (Å²) in [6.07, 6.45) is 4.44. The minimum atomic E-state index is -0.0893. The van der Waals surface area contributed by atoms with Crippen molar-refractivity contribution in [1.82, 2.24) is 20.0 Å². The van der Waals surface area contributed by atoms with Crippen molar-refractivity contribution in [2.75, 3.05) is 45.8 Å². The predicted molar refractivity (Wildman–Crippen MR) is 105 cm³/mol. The average molecular weight is 393 g/mol. The van der Waals surface area contributed by atoms with Crippen LogP contribution in [0, 0.1) is 0 Å². The summed E-state index contributed by atoms with van der Waals surface area (Å²) in [6.45, 7) is 4.61. The van der Waals surface area contributed by atoms with Crippen LogP contribution in [0.4, 0.5) is 4.79 Å². The monoisotopic (exact) mass is 392 g/mol. The van der Waals surface area contributed by atoms with E-state index in [2.05, 4.69) is 5.32 Å². The van der Waals surface area contributed by atoms with E-state index in [1.54, 1.807) is 6.07 Å². The van der Waals surface area contributed by atoms with Gasteiger partial charge in [-0.2, -0.15) is 11.3 Å². The number of nitrogens with zero attached hydrogens (tertiary/aromatic N) is 3. The molecule has 3 rings (SSSR count). The highest BCUT2D eigenvalue weighted by molar-refractivity contribution is 7.08. The Balaban J connectivity index is 1.32. The molecule has 2 fully saturated rings. The van der Waals surface area contributed by atoms with Gasteiger partial charge in [-0.05, 0) is 37.1 Å². The minimum Gasteiger partial charge on any atom is -0.352 e. The van der Waals surface area contributed by atoms with Gasteiger partial charge in [-0.25, -0.2) is 4.79 Å². The molecule has 0 aliphatic carbocycles. The maximum Gasteiger partial charge on any atom is 0.320 e. The molecule has 4 amide bonds. The fourth-order valence-electron chi connectivity index (χ4n) is 3.53. The van der Waals surface area contributed by atoms with Crippen molar-refractivity contribution in [3.8, 4) is 0 Å². The summed E-state index contributed by atoms with van der Waals surface area (Å²) < 4.78 is 0. The Morgan fingerprint density at radius 2 is 1.59 bits per heavy atom. The van der Waals surface area contributed by atoms with E-state index in [-0.39, 0.29) is 17.8 Å². The third-order valence-corrected chi connectivity index (χ3v) is 5.85. The number of carbonyl (C=O) groups is 3. The average Bonchev–Trinajstić information content (AvgIpc) is 3.26. The number of carbonyl (C=O) groups excluding carboxylic acids is 3. The molecule has 0 unspecified atom stereocenters. The first-order chi connectivity index (χ1) is 13.1. The number of thiophene rings is 1. The number of likely N-dealkylation sites (tertiary alicyclic amines) is 1. The molecule has 2 saturated heterocycles. The highest BCUT2D eigenvalue weighted by atomic mass is 32.1. The van der Waals surface area contributed by atoms with Gasteiger partial charge in [-0.1, -0.05) is 0 Å². The molecule has 0 bridgehead atoms. The molecule has 2 aliphatic rings. The molecule has 1 N–H and O–H groups in total. The van der Waals surface area contributed by atoms with Gasteiger partial charge in [0.25, 0.3) is 5.91 Å². The zero-order valence-corrected chi connectivity index (χ0v) is 16.5. The molecule has 0 spiro atoms. The van der Waals surface area contributed by atoms with Crippen LogP contribution in [-0.4, -0.2) is 78.4 Å². The Morgan fingerprint density at radius 3 is 2.26 bits per heavy atom. The Labute approximate surface area is 164 Å². The second-order valence-corrected chi connectivity index (χ2v) is 7.85. The number of piperidine rings is 1. The fourth-order valence-corrected chi connectivity index (χ4v) is 4.16. The van der Waals surface area contributed by atoms with Gasteiger partial charge in [0.1, 0.15) is 0 Å². The van der Waals surface area contributed by atoms with Crippen LogP contribution in [0.3, 0.4) is 0 Å². The summed E-state index contributed by atoms with van der Waals surface area (Å²) >= 11 is 1.49. The maximum absolute atomic E-state index is 12.5. The molecule has 0 radical (unpaired) electrons. The highest BCUT2D eigenvalue weighted by Gasteiger charge is 2.27. The first kappa shape index (κ1) is 19.7. The molecule has 27 heavy (non-hydrogen) atoms. The van der Waals surface area contributed by atoms with Gasteiger partial charge >= 0.3 is 6.03 Å². The number of urea groups is 1. The van der Waals surface area contributed by atoms with Crippen LogP contribution in [0.2, 0.25) is 0 Å². The molecule has 2 aliphatic heterocycles. The van der Waals surface area contributed by atoms with Crippen molar-refractivity contribution in [3.63, 3.8) is 0 Å². The fraction of sp³-hybridized carbons (Fsp3) is 0.632. The van der Waals surface area contributed by atoms with E-state index >= 15 is 0 Å². The van der Waals surface area contributed by atoms with Gasteiger partial charge in [0, 0.05) is 63.2 Å². The summed E-state index contributed by atoms with van der Waals surface area (Å²) in [7, 11) is 0. The lowest BCUT2D eigenvalue weighted by Gasteiger charge is -2.38. The Morgan fingerprint density at radius 1 is 0.926 bits per heavy atom. The van der Waals surface area contributed by atoms with Crippen molar-refractivity contribution in [2.45, 2.75) is 32.1 Å². The Hall–Kier alpha value is -2.09. The molecule has 0 aromatic carbocycles.